The molecule has 0 aliphatic heterocycles. The van der Waals surface area contributed by atoms with E-state index >= 15 is 0 Å². The lowest BCUT2D eigenvalue weighted by Gasteiger charge is -2.27. The molecule has 33 heavy (non-hydrogen) atoms. The summed E-state index contributed by atoms with van der Waals surface area (Å²) >= 11 is 0. The van der Waals surface area contributed by atoms with Crippen molar-refractivity contribution in [1.29, 1.82) is 0 Å². The average molecular weight is 454 g/mol. The molecular formula is C30H32NOP. The molecule has 2 nitrogen and oxygen atoms in total. The number of hydrogen-bond donors (Lipinski definition) is 1. The van der Waals surface area contributed by atoms with Crippen LogP contribution in [0.15, 0.2) is 121 Å². The van der Waals surface area contributed by atoms with Crippen molar-refractivity contribution in [3.05, 3.63) is 132 Å². The van der Waals surface area contributed by atoms with E-state index in [1.165, 1.54) is 11.1 Å². The van der Waals surface area contributed by atoms with E-state index in [1.54, 1.807) is 0 Å². The smallest absolute Gasteiger partial charge is 0.204 e. The van der Waals surface area contributed by atoms with Crippen LogP contribution >= 0.6 is 7.29 Å². The third kappa shape index (κ3) is 6.54. The molecule has 1 atom stereocenters. The van der Waals surface area contributed by atoms with Crippen LogP contribution in [0.4, 0.5) is 0 Å². The van der Waals surface area contributed by atoms with Gasteiger partial charge in [-0.05, 0) is 61.1 Å². The van der Waals surface area contributed by atoms with E-state index in [2.05, 4.69) is 59.7 Å². The van der Waals surface area contributed by atoms with Crippen molar-refractivity contribution in [3.8, 4) is 0 Å². The van der Waals surface area contributed by atoms with Crippen LogP contribution < -0.4 is 15.7 Å². The van der Waals surface area contributed by atoms with Crippen LogP contribution in [0.2, 0.25) is 0 Å². The molecule has 0 radical (unpaired) electrons. The van der Waals surface area contributed by atoms with Crippen LogP contribution in [0, 0.1) is 0 Å². The number of aryl methyl sites for hydroxylation is 1. The largest absolute Gasteiger partial charge is 0.297 e. The van der Waals surface area contributed by atoms with Gasteiger partial charge < -0.3 is 0 Å². The Kier molecular flexibility index (Phi) is 8.30. The highest BCUT2D eigenvalue weighted by Crippen LogP contribution is 2.40. The van der Waals surface area contributed by atoms with E-state index in [0.717, 1.165) is 42.7 Å². The summed E-state index contributed by atoms with van der Waals surface area (Å²) in [5.41, 5.74) is 2.65. The number of benzene rings is 4. The van der Waals surface area contributed by atoms with Gasteiger partial charge in [0.2, 0.25) is 7.29 Å². The molecule has 4 rings (SSSR count). The SMILES string of the molecule is O=P(N[C@@H](CCCCc1ccccc1)Cc1ccccc1)(c1ccccc1)c1ccccc1. The van der Waals surface area contributed by atoms with Crippen LogP contribution in [-0.4, -0.2) is 6.04 Å². The maximum atomic E-state index is 14.6. The Morgan fingerprint density at radius 2 is 1.03 bits per heavy atom. The molecule has 0 saturated heterocycles. The standard InChI is InChI=1S/C30H32NOP/c32-33(29-21-9-3-10-22-29,30-23-11-4-12-24-30)31-28(25-27-18-7-2-8-19-27)20-14-13-17-26-15-5-1-6-16-26/h1-12,15-16,18-19,21-24,28H,13-14,17,20,25H2,(H,31,32)/t28-/m0/s1. The molecule has 0 aromatic heterocycles. The third-order valence-corrected chi connectivity index (χ3v) is 8.82. The predicted octanol–water partition coefficient (Wildman–Crippen LogP) is 6.53. The fourth-order valence-electron chi connectivity index (χ4n) is 4.31. The number of hydrogen-bond acceptors (Lipinski definition) is 1. The Balaban J connectivity index is 1.54. The van der Waals surface area contributed by atoms with Crippen molar-refractivity contribution < 1.29 is 4.57 Å². The molecule has 0 aliphatic rings. The second-order valence-corrected chi connectivity index (χ2v) is 11.0. The van der Waals surface area contributed by atoms with Gasteiger partial charge in [-0.2, -0.15) is 0 Å². The first-order valence-electron chi connectivity index (χ1n) is 11.8. The first-order valence-corrected chi connectivity index (χ1v) is 13.5. The van der Waals surface area contributed by atoms with E-state index in [4.69, 9.17) is 0 Å². The quantitative estimate of drug-likeness (QED) is 0.207. The van der Waals surface area contributed by atoms with Gasteiger partial charge in [0.05, 0.1) is 0 Å². The van der Waals surface area contributed by atoms with E-state index in [1.807, 2.05) is 66.7 Å². The van der Waals surface area contributed by atoms with Crippen LogP contribution in [0.3, 0.4) is 0 Å². The van der Waals surface area contributed by atoms with Crippen molar-refractivity contribution in [2.45, 2.75) is 38.1 Å². The normalized spacial score (nSPS) is 12.4. The minimum absolute atomic E-state index is 0.120. The first-order chi connectivity index (χ1) is 16.2. The van der Waals surface area contributed by atoms with E-state index < -0.39 is 7.29 Å². The first kappa shape index (κ1) is 23.2. The van der Waals surface area contributed by atoms with Gasteiger partial charge in [0.25, 0.3) is 0 Å². The van der Waals surface area contributed by atoms with Crippen LogP contribution in [0.1, 0.15) is 30.4 Å². The van der Waals surface area contributed by atoms with Crippen molar-refractivity contribution in [3.63, 3.8) is 0 Å². The lowest BCUT2D eigenvalue weighted by atomic mass is 10.00. The van der Waals surface area contributed by atoms with Crippen molar-refractivity contribution in [1.82, 2.24) is 5.09 Å². The zero-order valence-corrected chi connectivity index (χ0v) is 19.9. The molecular weight excluding hydrogens is 421 g/mol. The van der Waals surface area contributed by atoms with Gasteiger partial charge in [-0.1, -0.05) is 103 Å². The Morgan fingerprint density at radius 1 is 0.576 bits per heavy atom. The van der Waals surface area contributed by atoms with Gasteiger partial charge in [0.1, 0.15) is 0 Å². The second-order valence-electron chi connectivity index (χ2n) is 8.53. The molecule has 0 spiro atoms. The topological polar surface area (TPSA) is 29.1 Å². The Bertz CT molecular complexity index is 1090. The average Bonchev–Trinajstić information content (AvgIpc) is 2.89. The van der Waals surface area contributed by atoms with Gasteiger partial charge in [-0.15, -0.1) is 0 Å². The number of rotatable bonds is 11. The lowest BCUT2D eigenvalue weighted by molar-refractivity contribution is 0.510. The summed E-state index contributed by atoms with van der Waals surface area (Å²) in [6.45, 7) is 0. The van der Waals surface area contributed by atoms with Crippen LogP contribution in [0.25, 0.3) is 0 Å². The van der Waals surface area contributed by atoms with Crippen molar-refractivity contribution in [2.24, 2.45) is 0 Å². The molecule has 0 amide bonds. The van der Waals surface area contributed by atoms with Crippen molar-refractivity contribution >= 4 is 17.9 Å². The predicted molar refractivity (Wildman–Crippen MR) is 141 cm³/mol. The summed E-state index contributed by atoms with van der Waals surface area (Å²) < 4.78 is 14.6. The lowest BCUT2D eigenvalue weighted by Crippen LogP contribution is -2.36. The number of nitrogens with one attached hydrogen (secondary N) is 1. The minimum Gasteiger partial charge on any atom is -0.297 e. The fourth-order valence-corrected chi connectivity index (χ4v) is 6.82. The third-order valence-electron chi connectivity index (χ3n) is 6.04. The summed E-state index contributed by atoms with van der Waals surface area (Å²) in [7, 11) is -2.97. The Morgan fingerprint density at radius 3 is 1.55 bits per heavy atom. The summed E-state index contributed by atoms with van der Waals surface area (Å²) in [6, 6.07) is 41.1. The van der Waals surface area contributed by atoms with Crippen LogP contribution in [-0.2, 0) is 17.4 Å². The minimum atomic E-state index is -2.97. The summed E-state index contributed by atoms with van der Waals surface area (Å²) in [6.07, 6.45) is 5.12. The maximum Gasteiger partial charge on any atom is 0.204 e. The van der Waals surface area contributed by atoms with Crippen molar-refractivity contribution in [2.75, 3.05) is 0 Å². The molecule has 4 aromatic rings. The molecule has 3 heteroatoms. The Hall–Kier alpha value is -2.93. The Labute approximate surface area is 198 Å². The van der Waals surface area contributed by atoms with Gasteiger partial charge in [0.15, 0.2) is 0 Å². The zero-order valence-electron chi connectivity index (χ0n) is 19.0. The second kappa shape index (κ2) is 11.8. The van der Waals surface area contributed by atoms with E-state index in [-0.39, 0.29) is 6.04 Å². The van der Waals surface area contributed by atoms with Crippen LogP contribution in [0.5, 0.6) is 0 Å². The monoisotopic (exact) mass is 453 g/mol. The highest BCUT2D eigenvalue weighted by molar-refractivity contribution is 7.76. The molecule has 0 saturated carbocycles. The molecule has 168 valence electrons. The highest BCUT2D eigenvalue weighted by atomic mass is 31.2. The summed E-state index contributed by atoms with van der Waals surface area (Å²) in [4.78, 5) is 0. The summed E-state index contributed by atoms with van der Waals surface area (Å²) in [5.74, 6) is 0. The zero-order chi connectivity index (χ0) is 22.8. The summed E-state index contributed by atoms with van der Waals surface area (Å²) in [5, 5.41) is 5.39. The number of unbranched alkanes of at least 4 members (excludes halogenated alkanes) is 1. The van der Waals surface area contributed by atoms with Gasteiger partial charge in [-0.25, -0.2) is 0 Å². The highest BCUT2D eigenvalue weighted by Gasteiger charge is 2.30. The fraction of sp³-hybridized carbons (Fsp3) is 0.200. The maximum absolute atomic E-state index is 14.6. The van der Waals surface area contributed by atoms with Gasteiger partial charge in [-0.3, -0.25) is 9.65 Å². The van der Waals surface area contributed by atoms with Gasteiger partial charge in [0, 0.05) is 16.7 Å². The van der Waals surface area contributed by atoms with Gasteiger partial charge >= 0.3 is 0 Å². The molecule has 0 bridgehead atoms. The molecule has 0 unspecified atom stereocenters. The van der Waals surface area contributed by atoms with E-state index in [0.29, 0.717) is 0 Å². The molecule has 0 heterocycles. The van der Waals surface area contributed by atoms with E-state index in [9.17, 15) is 4.57 Å². The molecule has 1 N–H and O–H groups in total. The molecule has 0 aliphatic carbocycles. The molecule has 0 fully saturated rings. The molecule has 4 aromatic carbocycles.